The summed E-state index contributed by atoms with van der Waals surface area (Å²) < 4.78 is 0. The van der Waals surface area contributed by atoms with Gasteiger partial charge in [-0.2, -0.15) is 0 Å². The number of aliphatic hydroxyl groups is 2. The summed E-state index contributed by atoms with van der Waals surface area (Å²) in [4.78, 5) is 0. The van der Waals surface area contributed by atoms with Crippen LogP contribution < -0.4 is 0 Å². The van der Waals surface area contributed by atoms with Crippen LogP contribution in [0, 0.1) is 23.7 Å². The van der Waals surface area contributed by atoms with Crippen LogP contribution in [0.4, 0.5) is 0 Å². The Labute approximate surface area is 124 Å². The van der Waals surface area contributed by atoms with Gasteiger partial charge in [0.15, 0.2) is 0 Å². The van der Waals surface area contributed by atoms with Crippen molar-refractivity contribution in [2.45, 2.75) is 89.3 Å². The van der Waals surface area contributed by atoms with Gasteiger partial charge in [-0.1, -0.05) is 38.5 Å². The first kappa shape index (κ1) is 14.8. The molecule has 3 aliphatic rings. The molecule has 3 saturated carbocycles. The Morgan fingerprint density at radius 2 is 1.05 bits per heavy atom. The average molecular weight is 280 g/mol. The molecule has 3 aliphatic carbocycles. The fourth-order valence-electron chi connectivity index (χ4n) is 5.37. The first-order chi connectivity index (χ1) is 9.75. The van der Waals surface area contributed by atoms with E-state index < -0.39 is 0 Å². The highest BCUT2D eigenvalue weighted by Gasteiger charge is 2.40. The summed E-state index contributed by atoms with van der Waals surface area (Å²) in [7, 11) is 0. The lowest BCUT2D eigenvalue weighted by Crippen LogP contribution is -2.42. The van der Waals surface area contributed by atoms with Crippen LogP contribution in [0.5, 0.6) is 0 Å². The van der Waals surface area contributed by atoms with Gasteiger partial charge in [0.1, 0.15) is 0 Å². The van der Waals surface area contributed by atoms with Crippen molar-refractivity contribution in [3.63, 3.8) is 0 Å². The molecule has 0 aromatic rings. The summed E-state index contributed by atoms with van der Waals surface area (Å²) in [6, 6.07) is 0. The smallest absolute Gasteiger partial charge is 0.0601 e. The molecule has 2 nitrogen and oxygen atoms in total. The predicted octanol–water partition coefficient (Wildman–Crippen LogP) is 3.90. The quantitative estimate of drug-likeness (QED) is 0.805. The minimum Gasteiger partial charge on any atom is -0.393 e. The number of hydrogen-bond acceptors (Lipinski definition) is 2. The van der Waals surface area contributed by atoms with E-state index in [1.54, 1.807) is 0 Å². The molecule has 0 heterocycles. The normalized spacial score (nSPS) is 44.4. The van der Waals surface area contributed by atoms with Gasteiger partial charge in [0.05, 0.1) is 12.2 Å². The molecule has 0 bridgehead atoms. The molecule has 0 aromatic carbocycles. The van der Waals surface area contributed by atoms with Crippen molar-refractivity contribution in [2.24, 2.45) is 23.7 Å². The fourth-order valence-corrected chi connectivity index (χ4v) is 5.37. The predicted molar refractivity (Wildman–Crippen MR) is 81.4 cm³/mol. The van der Waals surface area contributed by atoms with Crippen molar-refractivity contribution in [2.75, 3.05) is 0 Å². The summed E-state index contributed by atoms with van der Waals surface area (Å²) in [5.74, 6) is 2.60. The van der Waals surface area contributed by atoms with Crippen molar-refractivity contribution in [3.05, 3.63) is 0 Å². The van der Waals surface area contributed by atoms with Gasteiger partial charge in [-0.05, 0) is 62.2 Å². The van der Waals surface area contributed by atoms with Crippen molar-refractivity contribution in [1.82, 2.24) is 0 Å². The zero-order valence-electron chi connectivity index (χ0n) is 12.8. The van der Waals surface area contributed by atoms with E-state index in [1.807, 2.05) is 0 Å². The van der Waals surface area contributed by atoms with Gasteiger partial charge >= 0.3 is 0 Å². The lowest BCUT2D eigenvalue weighted by atomic mass is 9.63. The SMILES string of the molecule is OC1CCC(C2CCCC(C3CCCCC3)C2O)CC1. The zero-order valence-corrected chi connectivity index (χ0v) is 12.8. The molecule has 116 valence electrons. The van der Waals surface area contributed by atoms with Crippen molar-refractivity contribution in [1.29, 1.82) is 0 Å². The highest BCUT2D eigenvalue weighted by atomic mass is 16.3. The molecule has 0 saturated heterocycles. The van der Waals surface area contributed by atoms with Crippen LogP contribution in [-0.4, -0.2) is 22.4 Å². The second-order valence-corrected chi connectivity index (χ2v) is 7.72. The van der Waals surface area contributed by atoms with Gasteiger partial charge in [0, 0.05) is 0 Å². The fraction of sp³-hybridized carbons (Fsp3) is 1.00. The molecular formula is C18H32O2. The molecule has 3 unspecified atom stereocenters. The van der Waals surface area contributed by atoms with Crippen molar-refractivity contribution in [3.8, 4) is 0 Å². The summed E-state index contributed by atoms with van der Waals surface area (Å²) in [6.45, 7) is 0. The van der Waals surface area contributed by atoms with Crippen LogP contribution in [0.3, 0.4) is 0 Å². The lowest BCUT2D eigenvalue weighted by Gasteiger charge is -2.44. The van der Waals surface area contributed by atoms with Crippen molar-refractivity contribution < 1.29 is 10.2 Å². The molecule has 0 spiro atoms. The van der Waals surface area contributed by atoms with E-state index in [9.17, 15) is 10.2 Å². The van der Waals surface area contributed by atoms with Gasteiger partial charge < -0.3 is 10.2 Å². The third kappa shape index (κ3) is 3.22. The standard InChI is InChI=1S/C18H32O2/c19-15-11-9-14(10-12-15)17-8-4-7-16(18(17)20)13-5-2-1-3-6-13/h13-20H,1-12H2. The number of rotatable bonds is 2. The largest absolute Gasteiger partial charge is 0.393 e. The number of aliphatic hydroxyl groups excluding tert-OH is 2. The maximum absolute atomic E-state index is 10.9. The maximum atomic E-state index is 10.9. The van der Waals surface area contributed by atoms with E-state index in [0.717, 1.165) is 31.6 Å². The summed E-state index contributed by atoms with van der Waals surface area (Å²) in [5.41, 5.74) is 0. The highest BCUT2D eigenvalue weighted by Crippen LogP contribution is 2.45. The molecule has 3 atom stereocenters. The lowest BCUT2D eigenvalue weighted by molar-refractivity contribution is -0.0505. The van der Waals surface area contributed by atoms with E-state index in [2.05, 4.69) is 0 Å². The Bertz CT molecular complexity index is 290. The molecule has 0 radical (unpaired) electrons. The van der Waals surface area contributed by atoms with Gasteiger partial charge in [0.2, 0.25) is 0 Å². The Balaban J connectivity index is 1.60. The molecule has 3 rings (SSSR count). The zero-order chi connectivity index (χ0) is 13.9. The van der Waals surface area contributed by atoms with Crippen LogP contribution in [0.25, 0.3) is 0 Å². The van der Waals surface area contributed by atoms with Crippen LogP contribution >= 0.6 is 0 Å². The second-order valence-electron chi connectivity index (χ2n) is 7.72. The monoisotopic (exact) mass is 280 g/mol. The summed E-state index contributed by atoms with van der Waals surface area (Å²) in [5, 5.41) is 20.6. The Kier molecular flexibility index (Phi) is 5.04. The molecule has 3 fully saturated rings. The minimum absolute atomic E-state index is 0.0490. The van der Waals surface area contributed by atoms with Crippen LogP contribution in [-0.2, 0) is 0 Å². The molecule has 2 N–H and O–H groups in total. The topological polar surface area (TPSA) is 40.5 Å². The Morgan fingerprint density at radius 3 is 1.65 bits per heavy atom. The first-order valence-electron chi connectivity index (χ1n) is 9.12. The van der Waals surface area contributed by atoms with E-state index in [1.165, 1.54) is 51.4 Å². The molecular weight excluding hydrogens is 248 g/mol. The van der Waals surface area contributed by atoms with Gasteiger partial charge in [0.25, 0.3) is 0 Å². The van der Waals surface area contributed by atoms with Gasteiger partial charge in [-0.15, -0.1) is 0 Å². The molecule has 2 heteroatoms. The van der Waals surface area contributed by atoms with Gasteiger partial charge in [-0.3, -0.25) is 0 Å². The van der Waals surface area contributed by atoms with Crippen molar-refractivity contribution >= 4 is 0 Å². The van der Waals surface area contributed by atoms with E-state index >= 15 is 0 Å². The van der Waals surface area contributed by atoms with Crippen LogP contribution in [0.15, 0.2) is 0 Å². The second kappa shape index (κ2) is 6.79. The maximum Gasteiger partial charge on any atom is 0.0601 e. The summed E-state index contributed by atoms with van der Waals surface area (Å²) >= 11 is 0. The summed E-state index contributed by atoms with van der Waals surface area (Å²) in [6.07, 6.45) is 14.8. The van der Waals surface area contributed by atoms with E-state index in [-0.39, 0.29) is 12.2 Å². The minimum atomic E-state index is -0.0684. The molecule has 0 aliphatic heterocycles. The van der Waals surface area contributed by atoms with Crippen LogP contribution in [0.2, 0.25) is 0 Å². The first-order valence-corrected chi connectivity index (χ1v) is 9.12. The third-order valence-electron chi connectivity index (χ3n) is 6.55. The number of hydrogen-bond donors (Lipinski definition) is 2. The Hall–Kier alpha value is -0.0800. The van der Waals surface area contributed by atoms with Crippen LogP contribution in [0.1, 0.15) is 77.0 Å². The van der Waals surface area contributed by atoms with Gasteiger partial charge in [-0.25, -0.2) is 0 Å². The third-order valence-corrected chi connectivity index (χ3v) is 6.55. The Morgan fingerprint density at radius 1 is 0.500 bits per heavy atom. The van der Waals surface area contributed by atoms with E-state index in [4.69, 9.17) is 0 Å². The van der Waals surface area contributed by atoms with E-state index in [0.29, 0.717) is 17.8 Å². The highest BCUT2D eigenvalue weighted by molar-refractivity contribution is 4.91. The molecule has 0 aromatic heterocycles. The average Bonchev–Trinajstić information content (AvgIpc) is 2.49. The molecule has 0 amide bonds. The molecule has 20 heavy (non-hydrogen) atoms.